The first-order valence-electron chi connectivity index (χ1n) is 8.47. The van der Waals surface area contributed by atoms with Crippen molar-refractivity contribution in [2.24, 2.45) is 5.92 Å². The van der Waals surface area contributed by atoms with Crippen LogP contribution in [-0.2, 0) is 4.79 Å². The number of likely N-dealkylation sites (tertiary alicyclic amines) is 1. The summed E-state index contributed by atoms with van der Waals surface area (Å²) < 4.78 is 10.6. The molecule has 0 aliphatic carbocycles. The monoisotopic (exact) mass is 342 g/mol. The quantitative estimate of drug-likeness (QED) is 0.906. The lowest BCUT2D eigenvalue weighted by Crippen LogP contribution is -2.40. The van der Waals surface area contributed by atoms with Gasteiger partial charge in [-0.3, -0.25) is 9.59 Å². The number of carbonyl (C=O) groups excluding carboxylic acids is 2. The summed E-state index contributed by atoms with van der Waals surface area (Å²) in [5.41, 5.74) is 0.630. The zero-order valence-electron chi connectivity index (χ0n) is 14.2. The predicted molar refractivity (Wildman–Crippen MR) is 93.6 cm³/mol. The smallest absolute Gasteiger partial charge is 0.291 e. The Bertz CT molecular complexity index is 702. The number of furan rings is 1. The van der Waals surface area contributed by atoms with E-state index >= 15 is 0 Å². The number of nitrogens with zero attached hydrogens (tertiary/aromatic N) is 1. The van der Waals surface area contributed by atoms with Gasteiger partial charge in [-0.1, -0.05) is 6.92 Å². The molecule has 0 atom stereocenters. The zero-order chi connectivity index (χ0) is 17.6. The van der Waals surface area contributed by atoms with E-state index in [1.54, 1.807) is 36.4 Å². The molecule has 2 amide bonds. The van der Waals surface area contributed by atoms with E-state index in [1.807, 2.05) is 4.90 Å². The van der Waals surface area contributed by atoms with Gasteiger partial charge in [-0.2, -0.15) is 0 Å². The van der Waals surface area contributed by atoms with Crippen molar-refractivity contribution in [3.63, 3.8) is 0 Å². The number of carbonyl (C=O) groups is 2. The molecule has 132 valence electrons. The van der Waals surface area contributed by atoms with Gasteiger partial charge in [0.05, 0.1) is 6.26 Å². The molecule has 1 aliphatic heterocycles. The molecule has 6 nitrogen and oxygen atoms in total. The van der Waals surface area contributed by atoms with Crippen LogP contribution in [0.5, 0.6) is 5.75 Å². The molecular weight excluding hydrogens is 320 g/mol. The van der Waals surface area contributed by atoms with Crippen LogP contribution in [0.1, 0.15) is 30.3 Å². The minimum absolute atomic E-state index is 0.0158. The molecule has 0 bridgehead atoms. The number of nitrogens with one attached hydrogen (secondary N) is 1. The Labute approximate surface area is 146 Å². The van der Waals surface area contributed by atoms with Crippen LogP contribution in [-0.4, -0.2) is 36.4 Å². The second-order valence-electron chi connectivity index (χ2n) is 6.31. The Balaban J connectivity index is 1.47. The van der Waals surface area contributed by atoms with E-state index in [0.717, 1.165) is 25.9 Å². The second kappa shape index (κ2) is 7.88. The van der Waals surface area contributed by atoms with Crippen molar-refractivity contribution >= 4 is 17.5 Å². The van der Waals surface area contributed by atoms with Gasteiger partial charge in [0.15, 0.2) is 12.4 Å². The number of benzene rings is 1. The fourth-order valence-electron chi connectivity index (χ4n) is 2.73. The van der Waals surface area contributed by atoms with Crippen molar-refractivity contribution in [1.29, 1.82) is 0 Å². The van der Waals surface area contributed by atoms with Crippen molar-refractivity contribution in [2.75, 3.05) is 25.0 Å². The summed E-state index contributed by atoms with van der Waals surface area (Å²) in [4.78, 5) is 25.9. The van der Waals surface area contributed by atoms with Crippen LogP contribution in [0.15, 0.2) is 47.1 Å². The molecule has 1 saturated heterocycles. The zero-order valence-corrected chi connectivity index (χ0v) is 14.2. The Kier molecular flexibility index (Phi) is 5.38. The average Bonchev–Trinajstić information content (AvgIpc) is 3.16. The van der Waals surface area contributed by atoms with Crippen LogP contribution >= 0.6 is 0 Å². The van der Waals surface area contributed by atoms with Gasteiger partial charge in [-0.15, -0.1) is 0 Å². The fourth-order valence-corrected chi connectivity index (χ4v) is 2.73. The number of anilines is 1. The molecule has 2 aromatic rings. The lowest BCUT2D eigenvalue weighted by molar-refractivity contribution is -0.134. The molecule has 1 aromatic heterocycles. The first-order valence-corrected chi connectivity index (χ1v) is 8.47. The number of piperidine rings is 1. The van der Waals surface area contributed by atoms with Crippen LogP contribution in [0.2, 0.25) is 0 Å². The number of rotatable bonds is 5. The fraction of sp³-hybridized carbons (Fsp3) is 0.368. The minimum atomic E-state index is -0.312. The van der Waals surface area contributed by atoms with Crippen LogP contribution in [0.4, 0.5) is 5.69 Å². The van der Waals surface area contributed by atoms with Gasteiger partial charge in [0.25, 0.3) is 11.8 Å². The second-order valence-corrected chi connectivity index (χ2v) is 6.31. The molecule has 0 unspecified atom stereocenters. The summed E-state index contributed by atoms with van der Waals surface area (Å²) >= 11 is 0. The van der Waals surface area contributed by atoms with Gasteiger partial charge in [0.2, 0.25) is 0 Å². The molecule has 25 heavy (non-hydrogen) atoms. The third kappa shape index (κ3) is 4.62. The third-order valence-electron chi connectivity index (χ3n) is 4.36. The molecule has 0 saturated carbocycles. The molecular formula is C19H22N2O4. The van der Waals surface area contributed by atoms with Crippen molar-refractivity contribution < 1.29 is 18.7 Å². The lowest BCUT2D eigenvalue weighted by atomic mass is 9.99. The van der Waals surface area contributed by atoms with Crippen molar-refractivity contribution in [2.45, 2.75) is 19.8 Å². The van der Waals surface area contributed by atoms with E-state index in [4.69, 9.17) is 9.15 Å². The molecule has 1 aromatic carbocycles. The maximum atomic E-state index is 12.2. The van der Waals surface area contributed by atoms with Crippen LogP contribution in [0.25, 0.3) is 0 Å². The van der Waals surface area contributed by atoms with Crippen molar-refractivity contribution in [1.82, 2.24) is 4.90 Å². The van der Waals surface area contributed by atoms with Crippen molar-refractivity contribution in [3.05, 3.63) is 48.4 Å². The molecule has 0 radical (unpaired) electrons. The Morgan fingerprint density at radius 1 is 1.20 bits per heavy atom. The van der Waals surface area contributed by atoms with Gasteiger partial charge >= 0.3 is 0 Å². The molecule has 0 spiro atoms. The Morgan fingerprint density at radius 2 is 1.92 bits per heavy atom. The van der Waals surface area contributed by atoms with Crippen LogP contribution in [0.3, 0.4) is 0 Å². The largest absolute Gasteiger partial charge is 0.484 e. The Hall–Kier alpha value is -2.76. The van der Waals surface area contributed by atoms with E-state index in [2.05, 4.69) is 12.2 Å². The average molecular weight is 342 g/mol. The topological polar surface area (TPSA) is 71.8 Å². The van der Waals surface area contributed by atoms with Gasteiger partial charge in [-0.25, -0.2) is 0 Å². The Morgan fingerprint density at radius 3 is 2.56 bits per heavy atom. The molecule has 2 heterocycles. The van der Waals surface area contributed by atoms with Crippen LogP contribution < -0.4 is 10.1 Å². The van der Waals surface area contributed by atoms with Crippen LogP contribution in [0, 0.1) is 5.92 Å². The molecule has 1 N–H and O–H groups in total. The summed E-state index contributed by atoms with van der Waals surface area (Å²) in [6, 6.07) is 10.2. The highest BCUT2D eigenvalue weighted by Gasteiger charge is 2.20. The number of ether oxygens (including phenoxy) is 1. The summed E-state index contributed by atoms with van der Waals surface area (Å²) in [5.74, 6) is 1.24. The van der Waals surface area contributed by atoms with E-state index in [9.17, 15) is 9.59 Å². The van der Waals surface area contributed by atoms with Gasteiger partial charge in [0, 0.05) is 18.8 Å². The van der Waals surface area contributed by atoms with Gasteiger partial charge in [-0.05, 0) is 55.2 Å². The minimum Gasteiger partial charge on any atom is -0.484 e. The van der Waals surface area contributed by atoms with Gasteiger partial charge < -0.3 is 19.4 Å². The predicted octanol–water partition coefficient (Wildman–Crippen LogP) is 3.17. The number of hydrogen-bond donors (Lipinski definition) is 1. The third-order valence-corrected chi connectivity index (χ3v) is 4.36. The molecule has 3 rings (SSSR count). The maximum absolute atomic E-state index is 12.2. The number of amides is 2. The van der Waals surface area contributed by atoms with Gasteiger partial charge in [0.1, 0.15) is 5.75 Å². The first kappa shape index (κ1) is 17.1. The number of hydrogen-bond acceptors (Lipinski definition) is 4. The highest BCUT2D eigenvalue weighted by Crippen LogP contribution is 2.18. The molecule has 6 heteroatoms. The SMILES string of the molecule is CC1CCN(C(=O)COc2ccc(NC(=O)c3ccco3)cc2)CC1. The summed E-state index contributed by atoms with van der Waals surface area (Å²) in [5, 5.41) is 2.73. The molecule has 1 aliphatic rings. The van der Waals surface area contributed by atoms with E-state index in [-0.39, 0.29) is 24.2 Å². The molecule has 1 fully saturated rings. The van der Waals surface area contributed by atoms with Crippen molar-refractivity contribution in [3.8, 4) is 5.75 Å². The highest BCUT2D eigenvalue weighted by molar-refractivity contribution is 6.02. The normalized spacial score (nSPS) is 15.0. The standard InChI is InChI=1S/C19H22N2O4/c1-14-8-10-21(11-9-14)18(22)13-25-16-6-4-15(5-7-16)20-19(23)17-3-2-12-24-17/h2-7,12,14H,8-11,13H2,1H3,(H,20,23). The summed E-state index contributed by atoms with van der Waals surface area (Å²) in [6.45, 7) is 3.86. The highest BCUT2D eigenvalue weighted by atomic mass is 16.5. The lowest BCUT2D eigenvalue weighted by Gasteiger charge is -2.30. The maximum Gasteiger partial charge on any atom is 0.291 e. The summed E-state index contributed by atoms with van der Waals surface area (Å²) in [7, 11) is 0. The van der Waals surface area contributed by atoms with E-state index < -0.39 is 0 Å². The summed E-state index contributed by atoms with van der Waals surface area (Å²) in [6.07, 6.45) is 3.55. The van der Waals surface area contributed by atoms with E-state index in [1.165, 1.54) is 6.26 Å². The van der Waals surface area contributed by atoms with E-state index in [0.29, 0.717) is 17.4 Å². The first-order chi connectivity index (χ1) is 12.1.